The molecule has 0 fully saturated rings. The third-order valence-corrected chi connectivity index (χ3v) is 17.0. The average molecular weight is 937 g/mol. The Morgan fingerprint density at radius 2 is 0.767 bits per heavy atom. The molecule has 11 aromatic rings. The molecule has 0 heterocycles. The monoisotopic (exact) mass is 936 g/mol. The molecule has 3 aliphatic rings. The van der Waals surface area contributed by atoms with Gasteiger partial charge in [0, 0.05) is 38.9 Å². The first-order valence-corrected chi connectivity index (χ1v) is 25.9. The smallest absolute Gasteiger partial charge is 0.0540 e. The number of hydrogen-bond donors (Lipinski definition) is 0. The lowest BCUT2D eigenvalue weighted by molar-refractivity contribution is 0.645. The van der Waals surface area contributed by atoms with Gasteiger partial charge in [-0.3, -0.25) is 0 Å². The first-order chi connectivity index (χ1) is 35.5. The maximum Gasteiger partial charge on any atom is 0.0540 e. The van der Waals surface area contributed by atoms with E-state index in [1.807, 2.05) is 0 Å². The van der Waals surface area contributed by atoms with Crippen LogP contribution in [0, 0.1) is 0 Å². The third-order valence-electron chi connectivity index (χ3n) is 17.0. The molecule has 0 N–H and O–H groups in total. The molecule has 0 radical (unpaired) electrons. The summed E-state index contributed by atoms with van der Waals surface area (Å²) in [6, 6.07) is 86.4. The number of benzene rings is 11. The Kier molecular flexibility index (Phi) is 9.36. The topological polar surface area (TPSA) is 6.48 Å². The van der Waals surface area contributed by atoms with Gasteiger partial charge in [0.25, 0.3) is 0 Å². The van der Waals surface area contributed by atoms with Crippen molar-refractivity contribution in [2.45, 2.75) is 57.8 Å². The molecule has 14 rings (SSSR count). The van der Waals surface area contributed by atoms with Crippen LogP contribution in [0.3, 0.4) is 0 Å². The van der Waals surface area contributed by atoms with Gasteiger partial charge in [-0.05, 0) is 155 Å². The summed E-state index contributed by atoms with van der Waals surface area (Å²) in [6.07, 6.45) is 0. The van der Waals surface area contributed by atoms with E-state index in [1.54, 1.807) is 0 Å². The van der Waals surface area contributed by atoms with E-state index in [0.717, 1.165) is 22.7 Å². The molecule has 73 heavy (non-hydrogen) atoms. The van der Waals surface area contributed by atoms with Crippen molar-refractivity contribution < 1.29 is 0 Å². The van der Waals surface area contributed by atoms with E-state index in [-0.39, 0.29) is 16.2 Å². The maximum absolute atomic E-state index is 2.56. The molecule has 0 unspecified atom stereocenters. The van der Waals surface area contributed by atoms with Gasteiger partial charge in [0.2, 0.25) is 0 Å². The molecule has 0 saturated heterocycles. The summed E-state index contributed by atoms with van der Waals surface area (Å²) in [7, 11) is 0. The predicted octanol–water partition coefficient (Wildman–Crippen LogP) is 19.5. The Morgan fingerprint density at radius 3 is 1.44 bits per heavy atom. The van der Waals surface area contributed by atoms with Gasteiger partial charge in [0.05, 0.1) is 17.1 Å². The first kappa shape index (κ1) is 43.3. The standard InChI is InChI=1S/C71H56N2/c1-69(2)61-34-19-29-54-57-43-48(72(47-24-11-8-12-25-47)64-36-20-30-55-51-27-13-16-32-59(51)70(3,4)67(55)64)39-38-46(57)42-58(66(54)61)53-41-40-49(44-62(53)69)73(63-35-18-15-26-50(63)45-22-9-7-10-23-45)65-37-21-31-56-52-28-14-17-33-60(52)71(5,6)68(56)65/h7-44H,1-6H3. The predicted molar refractivity (Wildman–Crippen MR) is 309 cm³/mol. The zero-order chi connectivity index (χ0) is 49.4. The van der Waals surface area contributed by atoms with Crippen LogP contribution in [0.1, 0.15) is 74.9 Å². The molecule has 2 nitrogen and oxygen atoms in total. The average Bonchev–Trinajstić information content (AvgIpc) is 3.81. The lowest BCUT2D eigenvalue weighted by Gasteiger charge is -2.38. The Bertz CT molecular complexity index is 4060. The SMILES string of the molecule is CC1(C)c2ccccc2-c2cccc(N(c3ccccc3)c3ccc4cc5c6c(cccc6c4c3)C(C)(C)c3cc(N(c4ccccc4-c4ccccc4)c4cccc6c4C(C)(C)c4ccccc4-6)ccc3-5)c21. The van der Waals surface area contributed by atoms with Crippen LogP contribution in [-0.4, -0.2) is 0 Å². The normalized spacial score (nSPS) is 14.8. The second kappa shape index (κ2) is 15.8. The summed E-state index contributed by atoms with van der Waals surface area (Å²) in [4.78, 5) is 5.05. The van der Waals surface area contributed by atoms with Crippen molar-refractivity contribution in [3.63, 3.8) is 0 Å². The van der Waals surface area contributed by atoms with Crippen LogP contribution in [-0.2, 0) is 16.2 Å². The van der Waals surface area contributed by atoms with E-state index < -0.39 is 0 Å². The highest BCUT2D eigenvalue weighted by Crippen LogP contribution is 2.58. The minimum Gasteiger partial charge on any atom is -0.310 e. The quantitative estimate of drug-likeness (QED) is 0.147. The molecular formula is C71H56N2. The molecule has 11 aromatic carbocycles. The van der Waals surface area contributed by atoms with Gasteiger partial charge in [0.15, 0.2) is 0 Å². The summed E-state index contributed by atoms with van der Waals surface area (Å²) >= 11 is 0. The van der Waals surface area contributed by atoms with E-state index in [4.69, 9.17) is 0 Å². The number of hydrogen-bond acceptors (Lipinski definition) is 2. The molecule has 0 amide bonds. The molecular weight excluding hydrogens is 881 g/mol. The Hall–Kier alpha value is -8.46. The minimum absolute atomic E-state index is 0.176. The summed E-state index contributed by atoms with van der Waals surface area (Å²) in [5.74, 6) is 0. The molecule has 0 aliphatic heterocycles. The van der Waals surface area contributed by atoms with Gasteiger partial charge in [0.1, 0.15) is 0 Å². The number of para-hydroxylation sites is 2. The van der Waals surface area contributed by atoms with E-state index >= 15 is 0 Å². The molecule has 0 aromatic heterocycles. The number of nitrogens with zero attached hydrogens (tertiary/aromatic N) is 2. The lowest BCUT2D eigenvalue weighted by Crippen LogP contribution is -2.25. The van der Waals surface area contributed by atoms with Crippen LogP contribution in [0.25, 0.3) is 66.1 Å². The summed E-state index contributed by atoms with van der Waals surface area (Å²) in [5.41, 5.74) is 24.7. The van der Waals surface area contributed by atoms with Crippen molar-refractivity contribution in [1.82, 2.24) is 0 Å². The molecule has 0 spiro atoms. The second-order valence-corrected chi connectivity index (χ2v) is 22.0. The van der Waals surface area contributed by atoms with Gasteiger partial charge in [-0.1, -0.05) is 211 Å². The molecule has 2 heteroatoms. The first-order valence-electron chi connectivity index (χ1n) is 25.9. The summed E-state index contributed by atoms with van der Waals surface area (Å²) in [5, 5.41) is 5.12. The van der Waals surface area contributed by atoms with Crippen molar-refractivity contribution in [2.75, 3.05) is 9.80 Å². The number of rotatable bonds is 7. The van der Waals surface area contributed by atoms with Gasteiger partial charge in [-0.15, -0.1) is 0 Å². The lowest BCUT2D eigenvalue weighted by atomic mass is 9.68. The van der Waals surface area contributed by atoms with Crippen LogP contribution >= 0.6 is 0 Å². The van der Waals surface area contributed by atoms with Crippen molar-refractivity contribution in [1.29, 1.82) is 0 Å². The molecule has 0 atom stereocenters. The van der Waals surface area contributed by atoms with E-state index in [2.05, 4.69) is 282 Å². The number of fused-ring (bicyclic) bond motifs is 10. The van der Waals surface area contributed by atoms with E-state index in [1.165, 1.54) is 111 Å². The zero-order valence-corrected chi connectivity index (χ0v) is 42.3. The van der Waals surface area contributed by atoms with Gasteiger partial charge in [-0.25, -0.2) is 0 Å². The van der Waals surface area contributed by atoms with Crippen LogP contribution in [0.2, 0.25) is 0 Å². The fraction of sp³-hybridized carbons (Fsp3) is 0.127. The van der Waals surface area contributed by atoms with Crippen molar-refractivity contribution in [3.05, 3.63) is 264 Å². The molecule has 0 saturated carbocycles. The minimum atomic E-state index is -0.316. The third kappa shape index (κ3) is 6.23. The van der Waals surface area contributed by atoms with Gasteiger partial charge < -0.3 is 9.80 Å². The Labute approximate surface area is 429 Å². The summed E-state index contributed by atoms with van der Waals surface area (Å²) in [6.45, 7) is 14.4. The number of anilines is 6. The molecule has 0 bridgehead atoms. The largest absolute Gasteiger partial charge is 0.310 e. The highest BCUT2D eigenvalue weighted by molar-refractivity contribution is 6.18. The fourth-order valence-electron chi connectivity index (χ4n) is 13.6. The second-order valence-electron chi connectivity index (χ2n) is 22.0. The van der Waals surface area contributed by atoms with Crippen LogP contribution < -0.4 is 9.80 Å². The van der Waals surface area contributed by atoms with Crippen LogP contribution in [0.5, 0.6) is 0 Å². The maximum atomic E-state index is 2.56. The van der Waals surface area contributed by atoms with Gasteiger partial charge >= 0.3 is 0 Å². The fourth-order valence-corrected chi connectivity index (χ4v) is 13.6. The zero-order valence-electron chi connectivity index (χ0n) is 42.3. The van der Waals surface area contributed by atoms with E-state index in [9.17, 15) is 0 Å². The van der Waals surface area contributed by atoms with Crippen LogP contribution in [0.15, 0.2) is 231 Å². The van der Waals surface area contributed by atoms with Crippen molar-refractivity contribution >= 4 is 55.7 Å². The van der Waals surface area contributed by atoms with E-state index in [0.29, 0.717) is 0 Å². The molecule has 3 aliphatic carbocycles. The Balaban J connectivity index is 0.959. The summed E-state index contributed by atoms with van der Waals surface area (Å²) < 4.78 is 0. The highest BCUT2D eigenvalue weighted by atomic mass is 15.2. The van der Waals surface area contributed by atoms with Crippen molar-refractivity contribution in [3.8, 4) is 44.5 Å². The van der Waals surface area contributed by atoms with Gasteiger partial charge in [-0.2, -0.15) is 0 Å². The van der Waals surface area contributed by atoms with Crippen LogP contribution in [0.4, 0.5) is 34.1 Å². The van der Waals surface area contributed by atoms with Crippen molar-refractivity contribution in [2.24, 2.45) is 0 Å². The molecule has 350 valence electrons. The highest BCUT2D eigenvalue weighted by Gasteiger charge is 2.41. The Morgan fingerprint density at radius 1 is 0.274 bits per heavy atom.